The Morgan fingerprint density at radius 3 is 2.41 bits per heavy atom. The van der Waals surface area contributed by atoms with Gasteiger partial charge in [-0.15, -0.1) is 0 Å². The van der Waals surface area contributed by atoms with Gasteiger partial charge in [0.15, 0.2) is 0 Å². The number of halogens is 1. The van der Waals surface area contributed by atoms with Crippen LogP contribution in [0.15, 0.2) is 30.3 Å². The number of nitrogens with zero attached hydrogens (tertiary/aromatic N) is 2. The van der Waals surface area contributed by atoms with E-state index in [-0.39, 0.29) is 5.41 Å². The minimum atomic E-state index is 0.0641. The first-order valence-electron chi connectivity index (χ1n) is 5.71. The molecule has 0 saturated heterocycles. The monoisotopic (exact) mass is 248 g/mol. The third-order valence-electron chi connectivity index (χ3n) is 2.71. The van der Waals surface area contributed by atoms with Crippen LogP contribution in [0.1, 0.15) is 32.2 Å². The third kappa shape index (κ3) is 2.52. The van der Waals surface area contributed by atoms with Crippen LogP contribution in [-0.2, 0) is 5.41 Å². The zero-order valence-electron chi connectivity index (χ0n) is 10.7. The van der Waals surface area contributed by atoms with Crippen molar-refractivity contribution in [1.82, 2.24) is 9.78 Å². The lowest BCUT2D eigenvalue weighted by atomic mass is 9.92. The molecule has 1 aromatic carbocycles. The van der Waals surface area contributed by atoms with Crippen molar-refractivity contribution in [2.75, 3.05) is 0 Å². The van der Waals surface area contributed by atoms with Crippen molar-refractivity contribution in [3.05, 3.63) is 46.7 Å². The molecule has 1 aromatic heterocycles. The molecule has 0 bridgehead atoms. The van der Waals surface area contributed by atoms with Crippen LogP contribution in [0.4, 0.5) is 0 Å². The first kappa shape index (κ1) is 12.2. The van der Waals surface area contributed by atoms with Crippen molar-refractivity contribution >= 4 is 11.6 Å². The van der Waals surface area contributed by atoms with E-state index in [1.165, 1.54) is 0 Å². The number of rotatable bonds is 1. The summed E-state index contributed by atoms with van der Waals surface area (Å²) in [5.41, 5.74) is 3.28. The van der Waals surface area contributed by atoms with Crippen LogP contribution in [0.2, 0.25) is 5.02 Å². The Bertz CT molecular complexity index is 535. The van der Waals surface area contributed by atoms with Crippen molar-refractivity contribution in [2.24, 2.45) is 0 Å². The fourth-order valence-electron chi connectivity index (χ4n) is 1.71. The van der Waals surface area contributed by atoms with Crippen LogP contribution in [0.5, 0.6) is 0 Å². The largest absolute Gasteiger partial charge is 0.238 e. The zero-order valence-corrected chi connectivity index (χ0v) is 11.4. The molecular weight excluding hydrogens is 232 g/mol. The molecule has 2 nitrogen and oxygen atoms in total. The van der Waals surface area contributed by atoms with E-state index in [4.69, 9.17) is 11.6 Å². The van der Waals surface area contributed by atoms with Crippen LogP contribution < -0.4 is 0 Å². The van der Waals surface area contributed by atoms with Gasteiger partial charge in [0.2, 0.25) is 0 Å². The average Bonchev–Trinajstić information content (AvgIpc) is 2.60. The minimum Gasteiger partial charge on any atom is -0.238 e. The topological polar surface area (TPSA) is 17.8 Å². The van der Waals surface area contributed by atoms with Gasteiger partial charge in [0.1, 0.15) is 0 Å². The molecule has 0 N–H and O–H groups in total. The quantitative estimate of drug-likeness (QED) is 0.742. The van der Waals surface area contributed by atoms with Crippen LogP contribution in [0, 0.1) is 6.92 Å². The molecular formula is C14H17ClN2. The molecule has 0 aliphatic heterocycles. The van der Waals surface area contributed by atoms with E-state index in [1.54, 1.807) is 0 Å². The van der Waals surface area contributed by atoms with Gasteiger partial charge in [0.05, 0.1) is 11.4 Å². The van der Waals surface area contributed by atoms with E-state index in [1.807, 2.05) is 28.9 Å². The number of aryl methyl sites for hydroxylation is 1. The fourth-order valence-corrected chi connectivity index (χ4v) is 1.89. The molecule has 0 radical (unpaired) electrons. The summed E-state index contributed by atoms with van der Waals surface area (Å²) >= 11 is 6.00. The molecule has 2 aromatic rings. The second-order valence-corrected chi connectivity index (χ2v) is 5.75. The molecule has 0 unspecified atom stereocenters. The van der Waals surface area contributed by atoms with Gasteiger partial charge in [-0.1, -0.05) is 38.4 Å². The predicted octanol–water partition coefficient (Wildman–Crippen LogP) is 4.13. The van der Waals surface area contributed by atoms with Crippen LogP contribution in [0.3, 0.4) is 0 Å². The Morgan fingerprint density at radius 2 is 1.88 bits per heavy atom. The fraction of sp³-hybridized carbons (Fsp3) is 0.357. The minimum absolute atomic E-state index is 0.0641. The van der Waals surface area contributed by atoms with Crippen LogP contribution in [0.25, 0.3) is 5.69 Å². The van der Waals surface area contributed by atoms with Crippen molar-refractivity contribution in [3.8, 4) is 5.69 Å². The summed E-state index contributed by atoms with van der Waals surface area (Å²) in [5, 5.41) is 5.38. The van der Waals surface area contributed by atoms with Crippen molar-refractivity contribution in [3.63, 3.8) is 0 Å². The third-order valence-corrected chi connectivity index (χ3v) is 2.94. The molecule has 1 heterocycles. The average molecular weight is 249 g/mol. The molecule has 0 aliphatic rings. The molecule has 17 heavy (non-hydrogen) atoms. The normalized spacial score (nSPS) is 11.8. The van der Waals surface area contributed by atoms with Gasteiger partial charge >= 0.3 is 0 Å². The molecule has 0 spiro atoms. The summed E-state index contributed by atoms with van der Waals surface area (Å²) in [6.45, 7) is 8.55. The second kappa shape index (κ2) is 4.19. The van der Waals surface area contributed by atoms with Crippen LogP contribution in [-0.4, -0.2) is 9.78 Å². The number of hydrogen-bond donors (Lipinski definition) is 0. The lowest BCUT2D eigenvalue weighted by molar-refractivity contribution is 0.560. The highest BCUT2D eigenvalue weighted by Gasteiger charge is 2.18. The summed E-state index contributed by atoms with van der Waals surface area (Å²) in [4.78, 5) is 0. The smallest absolute Gasteiger partial charge is 0.0685 e. The highest BCUT2D eigenvalue weighted by molar-refractivity contribution is 6.30. The molecule has 0 fully saturated rings. The Labute approximate surface area is 107 Å². The van der Waals surface area contributed by atoms with E-state index in [0.717, 1.165) is 22.1 Å². The Morgan fingerprint density at radius 1 is 1.18 bits per heavy atom. The van der Waals surface area contributed by atoms with Crippen molar-refractivity contribution in [2.45, 2.75) is 33.1 Å². The van der Waals surface area contributed by atoms with Crippen molar-refractivity contribution < 1.29 is 0 Å². The molecule has 0 amide bonds. The maximum Gasteiger partial charge on any atom is 0.0685 e. The van der Waals surface area contributed by atoms with Crippen LogP contribution >= 0.6 is 11.6 Å². The molecule has 0 atom stereocenters. The molecule has 0 aliphatic carbocycles. The summed E-state index contributed by atoms with van der Waals surface area (Å²) in [6.07, 6.45) is 0. The second-order valence-electron chi connectivity index (χ2n) is 5.31. The van der Waals surface area contributed by atoms with Gasteiger partial charge < -0.3 is 0 Å². The van der Waals surface area contributed by atoms with E-state index in [0.29, 0.717) is 0 Å². The van der Waals surface area contributed by atoms with Gasteiger partial charge in [-0.05, 0) is 31.2 Å². The van der Waals surface area contributed by atoms with Crippen molar-refractivity contribution in [1.29, 1.82) is 0 Å². The maximum atomic E-state index is 6.00. The highest BCUT2D eigenvalue weighted by atomic mass is 35.5. The molecule has 3 heteroatoms. The molecule has 90 valence electrons. The first-order chi connectivity index (χ1) is 7.88. The van der Waals surface area contributed by atoms with E-state index >= 15 is 0 Å². The zero-order chi connectivity index (χ0) is 12.6. The number of hydrogen-bond acceptors (Lipinski definition) is 1. The van der Waals surface area contributed by atoms with E-state index in [9.17, 15) is 0 Å². The number of benzene rings is 1. The maximum absolute atomic E-state index is 6.00. The van der Waals surface area contributed by atoms with Gasteiger partial charge in [-0.2, -0.15) is 5.10 Å². The first-order valence-corrected chi connectivity index (χ1v) is 6.09. The SMILES string of the molecule is Cc1cc(C(C)(C)C)nn1-c1cccc(Cl)c1. The van der Waals surface area contributed by atoms with Gasteiger partial charge in [0.25, 0.3) is 0 Å². The van der Waals surface area contributed by atoms with E-state index in [2.05, 4.69) is 38.9 Å². The summed E-state index contributed by atoms with van der Waals surface area (Å²) in [5.74, 6) is 0. The van der Waals surface area contributed by atoms with E-state index < -0.39 is 0 Å². The summed E-state index contributed by atoms with van der Waals surface area (Å²) in [7, 11) is 0. The summed E-state index contributed by atoms with van der Waals surface area (Å²) in [6, 6.07) is 9.87. The highest BCUT2D eigenvalue weighted by Crippen LogP contribution is 2.24. The summed E-state index contributed by atoms with van der Waals surface area (Å²) < 4.78 is 1.94. The lowest BCUT2D eigenvalue weighted by Crippen LogP contribution is -2.12. The lowest BCUT2D eigenvalue weighted by Gasteiger charge is -2.14. The molecule has 0 saturated carbocycles. The van der Waals surface area contributed by atoms with Gasteiger partial charge in [-0.25, -0.2) is 4.68 Å². The Balaban J connectivity index is 2.50. The Hall–Kier alpha value is -1.28. The standard InChI is InChI=1S/C14H17ClN2/c1-10-8-13(14(2,3)4)16-17(10)12-7-5-6-11(15)9-12/h5-9H,1-4H3. The molecule has 2 rings (SSSR count). The predicted molar refractivity (Wildman–Crippen MR) is 72.0 cm³/mol. The van der Waals surface area contributed by atoms with Gasteiger partial charge in [0, 0.05) is 16.1 Å². The number of aromatic nitrogens is 2. The Kier molecular flexibility index (Phi) is 3.00. The van der Waals surface area contributed by atoms with Gasteiger partial charge in [-0.3, -0.25) is 0 Å².